The van der Waals surface area contributed by atoms with Crippen molar-refractivity contribution in [2.75, 3.05) is 6.54 Å². The SMILES string of the molecule is CCN=CC1CCC(C)O1. The van der Waals surface area contributed by atoms with Gasteiger partial charge in [-0.15, -0.1) is 0 Å². The second-order valence-corrected chi connectivity index (χ2v) is 2.71. The number of hydrogen-bond donors (Lipinski definition) is 0. The van der Waals surface area contributed by atoms with Crippen molar-refractivity contribution in [1.82, 2.24) is 0 Å². The fourth-order valence-electron chi connectivity index (χ4n) is 1.17. The zero-order chi connectivity index (χ0) is 7.40. The van der Waals surface area contributed by atoms with Gasteiger partial charge in [-0.05, 0) is 26.7 Å². The molecule has 2 nitrogen and oxygen atoms in total. The molecule has 1 rings (SSSR count). The Morgan fingerprint density at radius 2 is 2.40 bits per heavy atom. The van der Waals surface area contributed by atoms with Crippen LogP contribution in [0.15, 0.2) is 4.99 Å². The highest BCUT2D eigenvalue weighted by Gasteiger charge is 2.19. The first kappa shape index (κ1) is 7.73. The molecule has 2 atom stereocenters. The summed E-state index contributed by atoms with van der Waals surface area (Å²) >= 11 is 0. The number of ether oxygens (including phenoxy) is 1. The van der Waals surface area contributed by atoms with E-state index in [1.165, 1.54) is 6.42 Å². The number of rotatable bonds is 2. The molecule has 0 saturated carbocycles. The summed E-state index contributed by atoms with van der Waals surface area (Å²) in [5.74, 6) is 0. The summed E-state index contributed by atoms with van der Waals surface area (Å²) in [5, 5.41) is 0. The first-order valence-corrected chi connectivity index (χ1v) is 3.98. The molecule has 1 saturated heterocycles. The smallest absolute Gasteiger partial charge is 0.0926 e. The van der Waals surface area contributed by atoms with Crippen LogP contribution >= 0.6 is 0 Å². The van der Waals surface area contributed by atoms with Gasteiger partial charge in [-0.2, -0.15) is 0 Å². The maximum absolute atomic E-state index is 5.51. The lowest BCUT2D eigenvalue weighted by Crippen LogP contribution is -2.09. The molecule has 2 heteroatoms. The van der Waals surface area contributed by atoms with Crippen LogP contribution < -0.4 is 0 Å². The quantitative estimate of drug-likeness (QED) is 0.536. The van der Waals surface area contributed by atoms with Crippen LogP contribution in [0.5, 0.6) is 0 Å². The molecule has 0 bridgehead atoms. The second kappa shape index (κ2) is 3.71. The van der Waals surface area contributed by atoms with Gasteiger partial charge in [0.2, 0.25) is 0 Å². The van der Waals surface area contributed by atoms with E-state index in [0.717, 1.165) is 13.0 Å². The minimum Gasteiger partial charge on any atom is -0.370 e. The van der Waals surface area contributed by atoms with E-state index in [1.54, 1.807) is 0 Å². The van der Waals surface area contributed by atoms with Crippen molar-refractivity contribution in [3.8, 4) is 0 Å². The molecule has 1 aliphatic rings. The molecular weight excluding hydrogens is 126 g/mol. The fourth-order valence-corrected chi connectivity index (χ4v) is 1.17. The van der Waals surface area contributed by atoms with Gasteiger partial charge in [-0.3, -0.25) is 4.99 Å². The minimum absolute atomic E-state index is 0.301. The van der Waals surface area contributed by atoms with Gasteiger partial charge in [0.25, 0.3) is 0 Å². The predicted octanol–water partition coefficient (Wildman–Crippen LogP) is 1.64. The number of aliphatic imine (C=N–C) groups is 1. The van der Waals surface area contributed by atoms with Crippen LogP contribution in [0.1, 0.15) is 26.7 Å². The van der Waals surface area contributed by atoms with Gasteiger partial charge in [0.15, 0.2) is 0 Å². The average Bonchev–Trinajstić information content (AvgIpc) is 2.31. The van der Waals surface area contributed by atoms with E-state index in [2.05, 4.69) is 11.9 Å². The molecule has 10 heavy (non-hydrogen) atoms. The van der Waals surface area contributed by atoms with E-state index in [-0.39, 0.29) is 0 Å². The third-order valence-corrected chi connectivity index (χ3v) is 1.72. The molecule has 58 valence electrons. The molecular formula is C8H15NO. The van der Waals surface area contributed by atoms with Crippen molar-refractivity contribution in [2.45, 2.75) is 38.9 Å². The summed E-state index contributed by atoms with van der Waals surface area (Å²) < 4.78 is 5.51. The Hall–Kier alpha value is -0.370. The normalized spacial score (nSPS) is 33.8. The van der Waals surface area contributed by atoms with Gasteiger partial charge in [0.1, 0.15) is 0 Å². The first-order chi connectivity index (χ1) is 4.83. The monoisotopic (exact) mass is 141 g/mol. The highest BCUT2D eigenvalue weighted by atomic mass is 16.5. The van der Waals surface area contributed by atoms with Crippen LogP contribution in [-0.4, -0.2) is 25.0 Å². The van der Waals surface area contributed by atoms with Crippen molar-refractivity contribution in [2.24, 2.45) is 4.99 Å². The standard InChI is InChI=1S/C8H15NO/c1-3-9-6-8-5-4-7(2)10-8/h6-8H,3-5H2,1-2H3. The summed E-state index contributed by atoms with van der Waals surface area (Å²) in [5.41, 5.74) is 0. The molecule has 1 aliphatic heterocycles. The Morgan fingerprint density at radius 3 is 2.90 bits per heavy atom. The van der Waals surface area contributed by atoms with E-state index in [4.69, 9.17) is 4.74 Å². The molecule has 0 radical (unpaired) electrons. The van der Waals surface area contributed by atoms with Crippen LogP contribution in [0.3, 0.4) is 0 Å². The molecule has 0 aromatic rings. The van der Waals surface area contributed by atoms with E-state index < -0.39 is 0 Å². The zero-order valence-electron chi connectivity index (χ0n) is 6.71. The first-order valence-electron chi connectivity index (χ1n) is 3.98. The summed E-state index contributed by atoms with van der Waals surface area (Å²) in [7, 11) is 0. The minimum atomic E-state index is 0.301. The van der Waals surface area contributed by atoms with Crippen molar-refractivity contribution < 1.29 is 4.74 Å². The van der Waals surface area contributed by atoms with Crippen molar-refractivity contribution in [1.29, 1.82) is 0 Å². The van der Waals surface area contributed by atoms with Gasteiger partial charge in [0.05, 0.1) is 12.2 Å². The highest BCUT2D eigenvalue weighted by Crippen LogP contribution is 2.17. The van der Waals surface area contributed by atoms with Crippen LogP contribution in [0.2, 0.25) is 0 Å². The lowest BCUT2D eigenvalue weighted by Gasteiger charge is -2.03. The Morgan fingerprint density at radius 1 is 1.60 bits per heavy atom. The summed E-state index contributed by atoms with van der Waals surface area (Å²) in [4.78, 5) is 4.14. The molecule has 0 amide bonds. The van der Waals surface area contributed by atoms with E-state index in [0.29, 0.717) is 12.2 Å². The number of hydrogen-bond acceptors (Lipinski definition) is 2. The summed E-state index contributed by atoms with van der Waals surface area (Å²) in [6, 6.07) is 0. The molecule has 2 unspecified atom stereocenters. The predicted molar refractivity (Wildman–Crippen MR) is 42.6 cm³/mol. The third kappa shape index (κ3) is 2.10. The maximum Gasteiger partial charge on any atom is 0.0926 e. The maximum atomic E-state index is 5.51. The number of nitrogens with zero attached hydrogens (tertiary/aromatic N) is 1. The topological polar surface area (TPSA) is 21.6 Å². The van der Waals surface area contributed by atoms with Crippen molar-refractivity contribution in [3.05, 3.63) is 0 Å². The van der Waals surface area contributed by atoms with Crippen LogP contribution in [0.4, 0.5) is 0 Å². The van der Waals surface area contributed by atoms with Gasteiger partial charge in [0, 0.05) is 12.8 Å². The molecule has 0 N–H and O–H groups in total. The molecule has 0 aliphatic carbocycles. The van der Waals surface area contributed by atoms with E-state index >= 15 is 0 Å². The molecule has 1 fully saturated rings. The molecule has 1 heterocycles. The van der Waals surface area contributed by atoms with Gasteiger partial charge in [-0.1, -0.05) is 0 Å². The molecule has 0 aromatic carbocycles. The Balaban J connectivity index is 2.24. The summed E-state index contributed by atoms with van der Waals surface area (Å²) in [6.45, 7) is 5.02. The van der Waals surface area contributed by atoms with Gasteiger partial charge in [-0.25, -0.2) is 0 Å². The van der Waals surface area contributed by atoms with Crippen LogP contribution in [0.25, 0.3) is 0 Å². The Bertz CT molecular complexity index is 122. The summed E-state index contributed by atoms with van der Waals surface area (Å²) in [6.07, 6.45) is 5.00. The lowest BCUT2D eigenvalue weighted by atomic mass is 10.2. The Labute approximate surface area is 62.3 Å². The molecule has 0 spiro atoms. The van der Waals surface area contributed by atoms with Crippen molar-refractivity contribution in [3.63, 3.8) is 0 Å². The van der Waals surface area contributed by atoms with Crippen LogP contribution in [0, 0.1) is 0 Å². The average molecular weight is 141 g/mol. The van der Waals surface area contributed by atoms with Gasteiger partial charge >= 0.3 is 0 Å². The van der Waals surface area contributed by atoms with Crippen molar-refractivity contribution >= 4 is 6.21 Å². The van der Waals surface area contributed by atoms with Gasteiger partial charge < -0.3 is 4.74 Å². The fraction of sp³-hybridized carbons (Fsp3) is 0.875. The van der Waals surface area contributed by atoms with E-state index in [1.807, 2.05) is 13.1 Å². The van der Waals surface area contributed by atoms with Crippen LogP contribution in [-0.2, 0) is 4.74 Å². The zero-order valence-corrected chi connectivity index (χ0v) is 6.71. The largest absolute Gasteiger partial charge is 0.370 e. The van der Waals surface area contributed by atoms with E-state index in [9.17, 15) is 0 Å². The highest BCUT2D eigenvalue weighted by molar-refractivity contribution is 5.63. The third-order valence-electron chi connectivity index (χ3n) is 1.72. The lowest BCUT2D eigenvalue weighted by molar-refractivity contribution is 0.0961. The Kier molecular flexibility index (Phi) is 2.87. The second-order valence-electron chi connectivity index (χ2n) is 2.71. The molecule has 0 aromatic heterocycles.